The van der Waals surface area contributed by atoms with Crippen LogP contribution in [0.5, 0.6) is 0 Å². The molecule has 0 saturated heterocycles. The second kappa shape index (κ2) is 6.84. The van der Waals surface area contributed by atoms with E-state index in [0.717, 1.165) is 0 Å². The lowest BCUT2D eigenvalue weighted by molar-refractivity contribution is 0.780. The third kappa shape index (κ3) is 2.50. The van der Waals surface area contributed by atoms with Gasteiger partial charge in [0.25, 0.3) is 0 Å². The van der Waals surface area contributed by atoms with E-state index in [-0.39, 0.29) is 24.0 Å². The van der Waals surface area contributed by atoms with Crippen LogP contribution in [-0.4, -0.2) is 0 Å². The van der Waals surface area contributed by atoms with Gasteiger partial charge in [-0.3, -0.25) is 0 Å². The van der Waals surface area contributed by atoms with Crippen molar-refractivity contribution >= 4 is 45.9 Å². The smallest absolute Gasteiger partial charge is 0.0167 e. The summed E-state index contributed by atoms with van der Waals surface area (Å²) in [5.74, 6) is 0.916. The van der Waals surface area contributed by atoms with Gasteiger partial charge in [0, 0.05) is 11.8 Å². The van der Waals surface area contributed by atoms with E-state index in [9.17, 15) is 0 Å². The average Bonchev–Trinajstić information content (AvgIpc) is 3.09. The molecule has 2 atom stereocenters. The zero-order valence-corrected chi connectivity index (χ0v) is 19.0. The van der Waals surface area contributed by atoms with Gasteiger partial charge in [0.15, 0.2) is 0 Å². The van der Waals surface area contributed by atoms with Crippen molar-refractivity contribution < 1.29 is 0 Å². The van der Waals surface area contributed by atoms with Crippen LogP contribution >= 0.6 is 24.0 Å². The lowest BCUT2D eigenvalue weighted by Crippen LogP contribution is -2.35. The summed E-state index contributed by atoms with van der Waals surface area (Å²) in [6.45, 7) is 4.68. The quantitative estimate of drug-likeness (QED) is 0.275. The summed E-state index contributed by atoms with van der Waals surface area (Å²) in [7, 11) is 0. The lowest BCUT2D eigenvalue weighted by atomic mass is 9.75. The number of fused-ring (bicyclic) bond motifs is 4. The Morgan fingerprint density at radius 1 is 0.552 bits per heavy atom. The molecule has 2 aliphatic carbocycles. The maximum atomic E-state index is 2.39. The zero-order valence-electron chi connectivity index (χ0n) is 16.6. The molecule has 6 rings (SSSR count). The molecule has 4 aromatic carbocycles. The second-order valence-corrected chi connectivity index (χ2v) is 8.21. The SMILES string of the molecule is CC1=c2ccccc2=C(C)C2c3ccc(-c4ccccc4)c4cccc(c34)C12.I. The molecule has 29 heavy (non-hydrogen) atoms. The first-order valence-electron chi connectivity index (χ1n) is 10.1. The van der Waals surface area contributed by atoms with Crippen LogP contribution in [0.3, 0.4) is 0 Å². The van der Waals surface area contributed by atoms with Crippen molar-refractivity contribution in [1.29, 1.82) is 0 Å². The maximum Gasteiger partial charge on any atom is 0.0167 e. The summed E-state index contributed by atoms with van der Waals surface area (Å²) in [5.41, 5.74) is 8.66. The van der Waals surface area contributed by atoms with Gasteiger partial charge in [-0.1, -0.05) is 96.1 Å². The molecule has 0 saturated carbocycles. The van der Waals surface area contributed by atoms with Crippen molar-refractivity contribution in [3.8, 4) is 11.1 Å². The molecule has 2 aliphatic rings. The van der Waals surface area contributed by atoms with Gasteiger partial charge in [0.1, 0.15) is 0 Å². The van der Waals surface area contributed by atoms with E-state index in [1.54, 1.807) is 0 Å². The largest absolute Gasteiger partial charge is 0.107 e. The number of halogens is 1. The van der Waals surface area contributed by atoms with E-state index in [1.807, 2.05) is 0 Å². The molecule has 2 unspecified atom stereocenters. The van der Waals surface area contributed by atoms with Gasteiger partial charge in [0.2, 0.25) is 0 Å². The van der Waals surface area contributed by atoms with E-state index in [4.69, 9.17) is 0 Å². The minimum absolute atomic E-state index is 0. The van der Waals surface area contributed by atoms with E-state index in [1.165, 1.54) is 54.6 Å². The third-order valence-electron chi connectivity index (χ3n) is 6.90. The number of hydrogen-bond donors (Lipinski definition) is 0. The molecule has 142 valence electrons. The van der Waals surface area contributed by atoms with Crippen molar-refractivity contribution in [3.05, 3.63) is 106 Å². The minimum atomic E-state index is 0. The van der Waals surface area contributed by atoms with Gasteiger partial charge in [-0.2, -0.15) is 0 Å². The Labute approximate surface area is 188 Å². The van der Waals surface area contributed by atoms with Gasteiger partial charge in [0.05, 0.1) is 0 Å². The van der Waals surface area contributed by atoms with Crippen LogP contribution in [0.1, 0.15) is 36.8 Å². The van der Waals surface area contributed by atoms with E-state index in [0.29, 0.717) is 11.8 Å². The first kappa shape index (κ1) is 18.6. The summed E-state index contributed by atoms with van der Waals surface area (Å²) < 4.78 is 0. The van der Waals surface area contributed by atoms with Crippen molar-refractivity contribution in [3.63, 3.8) is 0 Å². The molecule has 0 fully saturated rings. The highest BCUT2D eigenvalue weighted by atomic mass is 127. The average molecular weight is 486 g/mol. The summed E-state index contributed by atoms with van der Waals surface area (Å²) in [6, 6.07) is 31.4. The van der Waals surface area contributed by atoms with Crippen molar-refractivity contribution in [2.45, 2.75) is 25.7 Å². The highest BCUT2D eigenvalue weighted by Crippen LogP contribution is 2.55. The van der Waals surface area contributed by atoms with Crippen LogP contribution in [0.4, 0.5) is 0 Å². The van der Waals surface area contributed by atoms with Crippen LogP contribution in [-0.2, 0) is 0 Å². The minimum Gasteiger partial charge on any atom is -0.107 e. The Balaban J connectivity index is 0.00000181. The molecule has 0 spiro atoms. The molecular formula is C28H23I. The molecule has 0 aliphatic heterocycles. The van der Waals surface area contributed by atoms with Crippen LogP contribution < -0.4 is 10.4 Å². The summed E-state index contributed by atoms with van der Waals surface area (Å²) in [4.78, 5) is 0. The molecule has 1 heteroatoms. The Morgan fingerprint density at radius 2 is 1.14 bits per heavy atom. The van der Waals surface area contributed by atoms with E-state index in [2.05, 4.69) is 98.8 Å². The van der Waals surface area contributed by atoms with Crippen molar-refractivity contribution in [2.75, 3.05) is 0 Å². The fourth-order valence-corrected chi connectivity index (χ4v) is 5.68. The third-order valence-corrected chi connectivity index (χ3v) is 6.90. The molecule has 0 heterocycles. The molecule has 0 radical (unpaired) electrons. The number of rotatable bonds is 1. The van der Waals surface area contributed by atoms with Gasteiger partial charge in [-0.25, -0.2) is 0 Å². The summed E-state index contributed by atoms with van der Waals surface area (Å²) in [5, 5.41) is 5.72. The topological polar surface area (TPSA) is 0 Å². The molecule has 0 aromatic heterocycles. The highest BCUT2D eigenvalue weighted by Gasteiger charge is 2.38. The van der Waals surface area contributed by atoms with Crippen LogP contribution in [0.2, 0.25) is 0 Å². The number of benzene rings is 4. The van der Waals surface area contributed by atoms with E-state index < -0.39 is 0 Å². The maximum absolute atomic E-state index is 2.39. The van der Waals surface area contributed by atoms with Gasteiger partial charge < -0.3 is 0 Å². The Hall–Kier alpha value is -2.39. The van der Waals surface area contributed by atoms with Crippen LogP contribution in [0.15, 0.2) is 84.9 Å². The molecule has 0 bridgehead atoms. The molecule has 0 amide bonds. The van der Waals surface area contributed by atoms with Crippen molar-refractivity contribution in [2.24, 2.45) is 0 Å². The second-order valence-electron chi connectivity index (χ2n) is 8.21. The van der Waals surface area contributed by atoms with Gasteiger partial charge >= 0.3 is 0 Å². The van der Waals surface area contributed by atoms with Crippen LogP contribution in [0, 0.1) is 0 Å². The Morgan fingerprint density at radius 3 is 1.79 bits per heavy atom. The Kier molecular flexibility index (Phi) is 4.40. The summed E-state index contributed by atoms with van der Waals surface area (Å²) in [6.07, 6.45) is 0. The zero-order chi connectivity index (χ0) is 18.8. The fraction of sp³-hybridized carbons (Fsp3) is 0.143. The van der Waals surface area contributed by atoms with E-state index >= 15 is 0 Å². The molecular weight excluding hydrogens is 463 g/mol. The summed E-state index contributed by atoms with van der Waals surface area (Å²) >= 11 is 0. The first-order valence-corrected chi connectivity index (χ1v) is 10.1. The standard InChI is InChI=1S/C28H22.HI/c1-17-20-11-6-7-12-21(20)18(2)27-25-16-15-22(19-9-4-3-5-10-19)23-13-8-14-24(26(17)27)28(23)25;/h3-16,26-27H,1-2H3;1H. The first-order chi connectivity index (χ1) is 13.8. The monoisotopic (exact) mass is 486 g/mol. The van der Waals surface area contributed by atoms with Gasteiger partial charge in [-0.15, -0.1) is 24.0 Å². The fourth-order valence-electron chi connectivity index (χ4n) is 5.68. The predicted octanol–water partition coefficient (Wildman–Crippen LogP) is 6.36. The number of hydrogen-bond acceptors (Lipinski definition) is 0. The Bertz CT molecular complexity index is 1330. The molecule has 4 aromatic rings. The van der Waals surface area contributed by atoms with Gasteiger partial charge in [-0.05, 0) is 57.3 Å². The van der Waals surface area contributed by atoms with Crippen molar-refractivity contribution in [1.82, 2.24) is 0 Å². The van der Waals surface area contributed by atoms with Crippen LogP contribution in [0.25, 0.3) is 33.0 Å². The molecule has 0 nitrogen and oxygen atoms in total. The highest BCUT2D eigenvalue weighted by molar-refractivity contribution is 14.0. The lowest BCUT2D eigenvalue weighted by Gasteiger charge is -2.28. The molecule has 0 N–H and O–H groups in total. The predicted molar refractivity (Wildman–Crippen MR) is 134 cm³/mol. The normalized spacial score (nSPS) is 19.0.